The molecule has 1 N–H and O–H groups in total. The van der Waals surface area contributed by atoms with E-state index in [0.29, 0.717) is 6.04 Å². The molecule has 0 radical (unpaired) electrons. The van der Waals surface area contributed by atoms with E-state index in [1.54, 1.807) is 0 Å². The summed E-state index contributed by atoms with van der Waals surface area (Å²) < 4.78 is 0. The van der Waals surface area contributed by atoms with Gasteiger partial charge in [-0.1, -0.05) is 6.92 Å². The van der Waals surface area contributed by atoms with Crippen molar-refractivity contribution in [1.29, 1.82) is 0 Å². The van der Waals surface area contributed by atoms with Crippen molar-refractivity contribution in [2.45, 2.75) is 26.8 Å². The fourth-order valence-corrected chi connectivity index (χ4v) is 3.62. The van der Waals surface area contributed by atoms with E-state index in [0.717, 1.165) is 6.54 Å². The zero-order chi connectivity index (χ0) is 11.5. The van der Waals surface area contributed by atoms with Gasteiger partial charge in [0.15, 0.2) is 0 Å². The Morgan fingerprint density at radius 3 is 2.62 bits per heavy atom. The molecule has 0 amide bonds. The second kappa shape index (κ2) is 5.13. The Hall–Kier alpha value is -0.640. The summed E-state index contributed by atoms with van der Waals surface area (Å²) in [7, 11) is 0. The van der Waals surface area contributed by atoms with E-state index in [2.05, 4.69) is 49.0 Å². The summed E-state index contributed by atoms with van der Waals surface area (Å²) in [5.74, 6) is 0. The van der Waals surface area contributed by atoms with E-state index >= 15 is 0 Å². The molecule has 0 bridgehead atoms. The van der Waals surface area contributed by atoms with Crippen molar-refractivity contribution in [3.63, 3.8) is 0 Å². The molecule has 2 rings (SSSR count). The second-order valence-electron chi connectivity index (χ2n) is 3.95. The molecule has 2 aromatic heterocycles. The number of hydrogen-bond acceptors (Lipinski definition) is 3. The molecule has 0 saturated heterocycles. The molecular weight excluding hydrogens is 234 g/mol. The van der Waals surface area contributed by atoms with Gasteiger partial charge in [0.1, 0.15) is 0 Å². The maximum Gasteiger partial charge on any atom is 0.0681 e. The Balaban J connectivity index is 2.34. The maximum absolute atomic E-state index is 3.57. The van der Waals surface area contributed by atoms with E-state index < -0.39 is 0 Å². The van der Waals surface area contributed by atoms with E-state index in [1.165, 1.54) is 20.9 Å². The zero-order valence-corrected chi connectivity index (χ0v) is 11.5. The molecule has 0 spiro atoms. The van der Waals surface area contributed by atoms with Crippen LogP contribution in [0.4, 0.5) is 0 Å². The third-order valence-electron chi connectivity index (χ3n) is 2.66. The van der Waals surface area contributed by atoms with Gasteiger partial charge in [0.25, 0.3) is 0 Å². The third-order valence-corrected chi connectivity index (χ3v) is 4.62. The quantitative estimate of drug-likeness (QED) is 0.861. The Morgan fingerprint density at radius 2 is 2.12 bits per heavy atom. The molecule has 0 aliphatic heterocycles. The zero-order valence-electron chi connectivity index (χ0n) is 9.91. The topological polar surface area (TPSA) is 12.0 Å². The van der Waals surface area contributed by atoms with Gasteiger partial charge in [-0.05, 0) is 54.4 Å². The van der Waals surface area contributed by atoms with Gasteiger partial charge in [0.2, 0.25) is 0 Å². The highest BCUT2D eigenvalue weighted by atomic mass is 32.1. The predicted molar refractivity (Wildman–Crippen MR) is 73.6 cm³/mol. The monoisotopic (exact) mass is 251 g/mol. The molecule has 0 saturated carbocycles. The SMILES string of the molecule is CCNC(c1csc(C)c1)c1sccc1C. The van der Waals surface area contributed by atoms with E-state index in [9.17, 15) is 0 Å². The molecule has 16 heavy (non-hydrogen) atoms. The normalized spacial score (nSPS) is 12.9. The lowest BCUT2D eigenvalue weighted by molar-refractivity contribution is 0.639. The average Bonchev–Trinajstić information content (AvgIpc) is 2.84. The lowest BCUT2D eigenvalue weighted by Gasteiger charge is -2.16. The number of thiophene rings is 2. The Kier molecular flexibility index (Phi) is 3.79. The number of nitrogens with one attached hydrogen (secondary N) is 1. The largest absolute Gasteiger partial charge is 0.306 e. The number of rotatable bonds is 4. The van der Waals surface area contributed by atoms with E-state index in [1.807, 2.05) is 22.7 Å². The summed E-state index contributed by atoms with van der Waals surface area (Å²) in [5.41, 5.74) is 2.79. The highest BCUT2D eigenvalue weighted by Crippen LogP contribution is 2.31. The van der Waals surface area contributed by atoms with Gasteiger partial charge in [-0.25, -0.2) is 0 Å². The second-order valence-corrected chi connectivity index (χ2v) is 6.01. The van der Waals surface area contributed by atoms with Crippen molar-refractivity contribution in [2.24, 2.45) is 0 Å². The maximum atomic E-state index is 3.57. The van der Waals surface area contributed by atoms with Crippen LogP contribution < -0.4 is 5.32 Å². The van der Waals surface area contributed by atoms with Crippen LogP contribution in [-0.4, -0.2) is 6.54 Å². The molecule has 1 nitrogen and oxygen atoms in total. The predicted octanol–water partition coefficient (Wildman–Crippen LogP) is 4.13. The molecule has 0 aliphatic rings. The van der Waals surface area contributed by atoms with Crippen molar-refractivity contribution in [3.05, 3.63) is 43.8 Å². The van der Waals surface area contributed by atoms with Crippen LogP contribution in [-0.2, 0) is 0 Å². The van der Waals surface area contributed by atoms with Crippen LogP contribution in [0.3, 0.4) is 0 Å². The van der Waals surface area contributed by atoms with Crippen molar-refractivity contribution < 1.29 is 0 Å². The van der Waals surface area contributed by atoms with Crippen molar-refractivity contribution in [3.8, 4) is 0 Å². The summed E-state index contributed by atoms with van der Waals surface area (Å²) in [6.07, 6.45) is 0. The highest BCUT2D eigenvalue weighted by Gasteiger charge is 2.17. The molecule has 2 aromatic rings. The van der Waals surface area contributed by atoms with Gasteiger partial charge in [-0.3, -0.25) is 0 Å². The smallest absolute Gasteiger partial charge is 0.0681 e. The van der Waals surface area contributed by atoms with E-state index in [-0.39, 0.29) is 0 Å². The van der Waals surface area contributed by atoms with Crippen molar-refractivity contribution in [1.82, 2.24) is 5.32 Å². The van der Waals surface area contributed by atoms with Crippen LogP contribution in [0.5, 0.6) is 0 Å². The molecule has 1 atom stereocenters. The van der Waals surface area contributed by atoms with Crippen LogP contribution in [0.1, 0.15) is 33.8 Å². The van der Waals surface area contributed by atoms with Crippen molar-refractivity contribution >= 4 is 22.7 Å². The van der Waals surface area contributed by atoms with Gasteiger partial charge in [0.05, 0.1) is 6.04 Å². The lowest BCUT2D eigenvalue weighted by Crippen LogP contribution is -2.21. The Bertz CT molecular complexity index is 456. The molecule has 0 aliphatic carbocycles. The summed E-state index contributed by atoms with van der Waals surface area (Å²) in [6.45, 7) is 7.51. The molecule has 0 fully saturated rings. The molecule has 0 aromatic carbocycles. The van der Waals surface area contributed by atoms with Gasteiger partial charge in [0, 0.05) is 9.75 Å². The van der Waals surface area contributed by atoms with Crippen LogP contribution in [0.15, 0.2) is 22.9 Å². The summed E-state index contributed by atoms with van der Waals surface area (Å²) in [4.78, 5) is 2.83. The fourth-order valence-electron chi connectivity index (χ4n) is 1.86. The molecule has 3 heteroatoms. The van der Waals surface area contributed by atoms with Crippen LogP contribution in [0, 0.1) is 13.8 Å². The minimum atomic E-state index is 0.370. The molecule has 1 unspecified atom stereocenters. The average molecular weight is 251 g/mol. The van der Waals surface area contributed by atoms with Gasteiger partial charge in [-0.15, -0.1) is 22.7 Å². The summed E-state index contributed by atoms with van der Waals surface area (Å²) in [6, 6.07) is 4.86. The van der Waals surface area contributed by atoms with Gasteiger partial charge >= 0.3 is 0 Å². The molecular formula is C13H17NS2. The van der Waals surface area contributed by atoms with Crippen LogP contribution in [0.2, 0.25) is 0 Å². The van der Waals surface area contributed by atoms with Crippen LogP contribution in [0.25, 0.3) is 0 Å². The van der Waals surface area contributed by atoms with Gasteiger partial charge in [-0.2, -0.15) is 0 Å². The Labute approximate surface area is 105 Å². The van der Waals surface area contributed by atoms with Crippen LogP contribution >= 0.6 is 22.7 Å². The first-order valence-electron chi connectivity index (χ1n) is 5.54. The first kappa shape index (κ1) is 11.8. The Morgan fingerprint density at radius 1 is 1.31 bits per heavy atom. The molecule has 2 heterocycles. The minimum Gasteiger partial charge on any atom is -0.306 e. The highest BCUT2D eigenvalue weighted by molar-refractivity contribution is 7.10. The lowest BCUT2D eigenvalue weighted by atomic mass is 10.1. The first-order valence-corrected chi connectivity index (χ1v) is 7.30. The van der Waals surface area contributed by atoms with E-state index in [4.69, 9.17) is 0 Å². The summed E-state index contributed by atoms with van der Waals surface area (Å²) >= 11 is 3.67. The fraction of sp³-hybridized carbons (Fsp3) is 0.385. The van der Waals surface area contributed by atoms with Gasteiger partial charge < -0.3 is 5.32 Å². The first-order chi connectivity index (χ1) is 7.72. The standard InChI is InChI=1S/C13H17NS2/c1-4-14-12(11-7-10(3)16-8-11)13-9(2)5-6-15-13/h5-8,12,14H,4H2,1-3H3. The minimum absolute atomic E-state index is 0.370. The number of hydrogen-bond donors (Lipinski definition) is 1. The summed E-state index contributed by atoms with van der Waals surface area (Å²) in [5, 5.41) is 8.01. The van der Waals surface area contributed by atoms with Crippen molar-refractivity contribution in [2.75, 3.05) is 6.54 Å². The molecule has 86 valence electrons. The third kappa shape index (κ3) is 2.37. The number of aryl methyl sites for hydroxylation is 2.